The Morgan fingerprint density at radius 3 is 3.00 bits per heavy atom. The molecule has 1 heterocycles. The van der Waals surface area contributed by atoms with Crippen LogP contribution in [0.1, 0.15) is 34.5 Å². The van der Waals surface area contributed by atoms with Crippen molar-refractivity contribution >= 4 is 12.1 Å². The summed E-state index contributed by atoms with van der Waals surface area (Å²) in [7, 11) is 0. The molecule has 0 fully saturated rings. The van der Waals surface area contributed by atoms with Gasteiger partial charge in [-0.1, -0.05) is 6.07 Å². The van der Waals surface area contributed by atoms with Gasteiger partial charge in [0.25, 0.3) is 0 Å². The molecule has 5 nitrogen and oxygen atoms in total. The summed E-state index contributed by atoms with van der Waals surface area (Å²) in [6.07, 6.45) is -1.33. The Morgan fingerprint density at radius 1 is 1.56 bits per heavy atom. The van der Waals surface area contributed by atoms with Crippen LogP contribution in [0.15, 0.2) is 18.2 Å². The lowest BCUT2D eigenvalue weighted by atomic mass is 10.0. The number of amides is 1. The molecule has 1 atom stereocenters. The largest absolute Gasteiger partial charge is 0.465 e. The van der Waals surface area contributed by atoms with E-state index in [2.05, 4.69) is 5.32 Å². The zero-order chi connectivity index (χ0) is 11.7. The summed E-state index contributed by atoms with van der Waals surface area (Å²) >= 11 is 0. The van der Waals surface area contributed by atoms with Crippen LogP contribution in [0.4, 0.5) is 4.79 Å². The van der Waals surface area contributed by atoms with Crippen LogP contribution >= 0.6 is 0 Å². The van der Waals surface area contributed by atoms with Crippen molar-refractivity contribution in [2.45, 2.75) is 19.6 Å². The number of hydrogen-bond acceptors (Lipinski definition) is 3. The maximum Gasteiger partial charge on any atom is 0.404 e. The summed E-state index contributed by atoms with van der Waals surface area (Å²) in [4.78, 5) is 21.7. The quantitative estimate of drug-likeness (QED) is 0.745. The van der Waals surface area contributed by atoms with Crippen molar-refractivity contribution in [1.82, 2.24) is 5.32 Å². The Kier molecular flexibility index (Phi) is 2.52. The summed E-state index contributed by atoms with van der Waals surface area (Å²) in [5.41, 5.74) is 2.19. The predicted octanol–water partition coefficient (Wildman–Crippen LogP) is 1.69. The van der Waals surface area contributed by atoms with Gasteiger partial charge in [-0.3, -0.25) is 0 Å². The fourth-order valence-electron chi connectivity index (χ4n) is 1.71. The first kappa shape index (κ1) is 10.5. The molecule has 0 bridgehead atoms. The SMILES string of the molecule is CC1OC(=O)c2ccc(CNC(=O)O)cc21. The van der Waals surface area contributed by atoms with E-state index in [0.717, 1.165) is 11.1 Å². The fraction of sp³-hybridized carbons (Fsp3) is 0.273. The minimum Gasteiger partial charge on any atom is -0.465 e. The van der Waals surface area contributed by atoms with Crippen molar-refractivity contribution in [3.8, 4) is 0 Å². The van der Waals surface area contributed by atoms with Crippen LogP contribution in [0.2, 0.25) is 0 Å². The zero-order valence-electron chi connectivity index (χ0n) is 8.69. The van der Waals surface area contributed by atoms with Gasteiger partial charge in [0.1, 0.15) is 6.10 Å². The highest BCUT2D eigenvalue weighted by Gasteiger charge is 2.27. The molecule has 0 aromatic heterocycles. The highest BCUT2D eigenvalue weighted by atomic mass is 16.5. The minimum absolute atomic E-state index is 0.226. The van der Waals surface area contributed by atoms with Gasteiger partial charge in [-0.2, -0.15) is 0 Å². The molecule has 1 aromatic rings. The Bertz CT molecular complexity index is 455. The molecule has 16 heavy (non-hydrogen) atoms. The molecule has 84 valence electrons. The molecule has 2 N–H and O–H groups in total. The fourth-order valence-corrected chi connectivity index (χ4v) is 1.71. The van der Waals surface area contributed by atoms with E-state index in [0.29, 0.717) is 5.56 Å². The van der Waals surface area contributed by atoms with Crippen molar-refractivity contribution in [3.63, 3.8) is 0 Å². The number of fused-ring (bicyclic) bond motifs is 1. The van der Waals surface area contributed by atoms with Crippen molar-refractivity contribution in [1.29, 1.82) is 0 Å². The second kappa shape index (κ2) is 3.84. The number of nitrogens with one attached hydrogen (secondary N) is 1. The summed E-state index contributed by atoms with van der Waals surface area (Å²) in [5.74, 6) is -0.319. The second-order valence-corrected chi connectivity index (χ2v) is 3.63. The number of carboxylic acid groups (broad SMARTS) is 1. The number of carbonyl (C=O) groups excluding carboxylic acids is 1. The monoisotopic (exact) mass is 221 g/mol. The third-order valence-electron chi connectivity index (χ3n) is 2.50. The molecule has 1 aliphatic rings. The predicted molar refractivity (Wildman–Crippen MR) is 55.1 cm³/mol. The molecule has 5 heteroatoms. The molecular formula is C11H11NO4. The van der Waals surface area contributed by atoms with Crippen molar-refractivity contribution < 1.29 is 19.4 Å². The molecular weight excluding hydrogens is 210 g/mol. The lowest BCUT2D eigenvalue weighted by Crippen LogP contribution is -2.20. The highest BCUT2D eigenvalue weighted by Crippen LogP contribution is 2.30. The van der Waals surface area contributed by atoms with Gasteiger partial charge < -0.3 is 15.2 Å². The Hall–Kier alpha value is -2.04. The van der Waals surface area contributed by atoms with Gasteiger partial charge in [0, 0.05) is 12.1 Å². The molecule has 1 amide bonds. The van der Waals surface area contributed by atoms with Gasteiger partial charge in [-0.05, 0) is 24.6 Å². The van der Waals surface area contributed by atoms with E-state index >= 15 is 0 Å². The third-order valence-corrected chi connectivity index (χ3v) is 2.50. The number of benzene rings is 1. The van der Waals surface area contributed by atoms with Gasteiger partial charge >= 0.3 is 12.1 Å². The first-order valence-electron chi connectivity index (χ1n) is 4.88. The van der Waals surface area contributed by atoms with Crippen LogP contribution in [0.25, 0.3) is 0 Å². The minimum atomic E-state index is -1.07. The van der Waals surface area contributed by atoms with E-state index in [1.165, 1.54) is 0 Å². The van der Waals surface area contributed by atoms with E-state index in [9.17, 15) is 9.59 Å². The zero-order valence-corrected chi connectivity index (χ0v) is 8.69. The number of rotatable bonds is 2. The van der Waals surface area contributed by atoms with Gasteiger partial charge in [0.15, 0.2) is 0 Å². The van der Waals surface area contributed by atoms with E-state index in [1.807, 2.05) is 0 Å². The maximum atomic E-state index is 11.3. The van der Waals surface area contributed by atoms with E-state index in [4.69, 9.17) is 9.84 Å². The number of cyclic esters (lactones) is 1. The van der Waals surface area contributed by atoms with Crippen LogP contribution in [-0.4, -0.2) is 17.2 Å². The Morgan fingerprint density at radius 2 is 2.31 bits per heavy atom. The lowest BCUT2D eigenvalue weighted by Gasteiger charge is -2.05. The topological polar surface area (TPSA) is 75.6 Å². The van der Waals surface area contributed by atoms with Crippen LogP contribution in [-0.2, 0) is 11.3 Å². The standard InChI is InChI=1S/C11H11NO4/c1-6-9-4-7(5-12-11(14)15)2-3-8(9)10(13)16-6/h2-4,6,12H,5H2,1H3,(H,14,15). The van der Waals surface area contributed by atoms with Crippen LogP contribution in [0.3, 0.4) is 0 Å². The van der Waals surface area contributed by atoms with Crippen LogP contribution < -0.4 is 5.32 Å². The molecule has 0 radical (unpaired) electrons. The van der Waals surface area contributed by atoms with Crippen molar-refractivity contribution in [2.24, 2.45) is 0 Å². The molecule has 1 aromatic carbocycles. The Balaban J connectivity index is 2.23. The average molecular weight is 221 g/mol. The van der Waals surface area contributed by atoms with E-state index < -0.39 is 6.09 Å². The van der Waals surface area contributed by atoms with Crippen LogP contribution in [0.5, 0.6) is 0 Å². The Labute approximate surface area is 92.0 Å². The summed E-state index contributed by atoms with van der Waals surface area (Å²) in [6, 6.07) is 5.18. The normalized spacial score (nSPS) is 17.8. The first-order chi connectivity index (χ1) is 7.58. The number of esters is 1. The third kappa shape index (κ3) is 1.84. The molecule has 2 rings (SSSR count). The highest BCUT2D eigenvalue weighted by molar-refractivity contribution is 5.94. The second-order valence-electron chi connectivity index (χ2n) is 3.63. The van der Waals surface area contributed by atoms with E-state index in [-0.39, 0.29) is 18.6 Å². The smallest absolute Gasteiger partial charge is 0.404 e. The number of hydrogen-bond donors (Lipinski definition) is 2. The van der Waals surface area contributed by atoms with Gasteiger partial charge in [0.2, 0.25) is 0 Å². The average Bonchev–Trinajstić information content (AvgIpc) is 2.52. The molecule has 1 aliphatic heterocycles. The summed E-state index contributed by atoms with van der Waals surface area (Å²) in [6.45, 7) is 2.02. The first-order valence-corrected chi connectivity index (χ1v) is 4.88. The van der Waals surface area contributed by atoms with Gasteiger partial charge in [-0.15, -0.1) is 0 Å². The lowest BCUT2D eigenvalue weighted by molar-refractivity contribution is 0.0422. The molecule has 1 unspecified atom stereocenters. The van der Waals surface area contributed by atoms with Gasteiger partial charge in [-0.25, -0.2) is 9.59 Å². The van der Waals surface area contributed by atoms with Crippen molar-refractivity contribution in [3.05, 3.63) is 34.9 Å². The summed E-state index contributed by atoms with van der Waals surface area (Å²) in [5, 5.41) is 10.7. The maximum absolute atomic E-state index is 11.3. The number of carbonyl (C=O) groups is 2. The number of ether oxygens (including phenoxy) is 1. The molecule has 0 saturated heterocycles. The van der Waals surface area contributed by atoms with E-state index in [1.54, 1.807) is 25.1 Å². The molecule has 0 spiro atoms. The summed E-state index contributed by atoms with van der Waals surface area (Å²) < 4.78 is 5.04. The van der Waals surface area contributed by atoms with Crippen molar-refractivity contribution in [2.75, 3.05) is 0 Å². The molecule has 0 saturated carbocycles. The van der Waals surface area contributed by atoms with Gasteiger partial charge in [0.05, 0.1) is 5.56 Å². The molecule has 0 aliphatic carbocycles. The van der Waals surface area contributed by atoms with Crippen LogP contribution in [0, 0.1) is 0 Å².